The van der Waals surface area contributed by atoms with E-state index >= 15 is 0 Å². The molecule has 0 aliphatic carbocycles. The second-order valence-electron chi connectivity index (χ2n) is 5.50. The fourth-order valence-electron chi connectivity index (χ4n) is 2.53. The highest BCUT2D eigenvalue weighted by Crippen LogP contribution is 2.23. The van der Waals surface area contributed by atoms with Crippen LogP contribution in [0.4, 0.5) is 0 Å². The van der Waals surface area contributed by atoms with Gasteiger partial charge in [0.05, 0.1) is 5.52 Å². The molecule has 0 amide bonds. The minimum absolute atomic E-state index is 0.564. The summed E-state index contributed by atoms with van der Waals surface area (Å²) in [6, 6.07) is 16.6. The normalized spacial score (nSPS) is 10.8. The van der Waals surface area contributed by atoms with Crippen LogP contribution in [0.2, 0.25) is 0 Å². The van der Waals surface area contributed by atoms with Gasteiger partial charge in [-0.1, -0.05) is 30.3 Å². The lowest BCUT2D eigenvalue weighted by molar-refractivity contribution is 0.305. The van der Waals surface area contributed by atoms with Gasteiger partial charge in [0.15, 0.2) is 0 Å². The van der Waals surface area contributed by atoms with Crippen molar-refractivity contribution in [1.82, 2.24) is 4.98 Å². The topological polar surface area (TPSA) is 22.1 Å². The molecule has 0 saturated heterocycles. The van der Waals surface area contributed by atoms with Crippen LogP contribution in [-0.2, 0) is 6.61 Å². The van der Waals surface area contributed by atoms with Crippen LogP contribution in [0.1, 0.15) is 22.4 Å². The van der Waals surface area contributed by atoms with Crippen molar-refractivity contribution in [1.29, 1.82) is 0 Å². The number of nitrogens with zero attached hydrogens (tertiary/aromatic N) is 1. The van der Waals surface area contributed by atoms with Gasteiger partial charge in [-0.2, -0.15) is 0 Å². The molecule has 0 spiro atoms. The van der Waals surface area contributed by atoms with Crippen LogP contribution >= 0.6 is 0 Å². The molecule has 1 heterocycles. The van der Waals surface area contributed by atoms with E-state index in [-0.39, 0.29) is 0 Å². The van der Waals surface area contributed by atoms with Crippen LogP contribution in [0.15, 0.2) is 48.5 Å². The molecule has 106 valence electrons. The van der Waals surface area contributed by atoms with Crippen molar-refractivity contribution >= 4 is 10.9 Å². The van der Waals surface area contributed by atoms with Crippen molar-refractivity contribution in [2.24, 2.45) is 0 Å². The first-order valence-corrected chi connectivity index (χ1v) is 7.19. The molecule has 2 heteroatoms. The van der Waals surface area contributed by atoms with Crippen LogP contribution in [0.25, 0.3) is 10.9 Å². The van der Waals surface area contributed by atoms with Crippen LogP contribution in [0, 0.1) is 20.8 Å². The molecule has 3 aromatic rings. The number of pyridine rings is 1. The maximum absolute atomic E-state index is 6.04. The third-order valence-electron chi connectivity index (χ3n) is 3.66. The molecule has 0 saturated carbocycles. The number of aryl methyl sites for hydroxylation is 3. The summed E-state index contributed by atoms with van der Waals surface area (Å²) in [7, 11) is 0. The van der Waals surface area contributed by atoms with Gasteiger partial charge in [-0.25, -0.2) is 0 Å². The zero-order chi connectivity index (χ0) is 14.8. The van der Waals surface area contributed by atoms with E-state index in [9.17, 15) is 0 Å². The summed E-state index contributed by atoms with van der Waals surface area (Å²) in [5, 5.41) is 1.16. The van der Waals surface area contributed by atoms with E-state index in [1.165, 1.54) is 11.1 Å². The van der Waals surface area contributed by atoms with Gasteiger partial charge in [0.2, 0.25) is 0 Å². The minimum Gasteiger partial charge on any atom is -0.489 e. The first kappa shape index (κ1) is 13.6. The molecule has 0 N–H and O–H groups in total. The van der Waals surface area contributed by atoms with Gasteiger partial charge in [-0.15, -0.1) is 0 Å². The third-order valence-corrected chi connectivity index (χ3v) is 3.66. The molecule has 0 radical (unpaired) electrons. The zero-order valence-electron chi connectivity index (χ0n) is 12.7. The SMILES string of the molecule is Cc1ccc(C)c(OCc2cc(C)nc3ccccc23)c1. The van der Waals surface area contributed by atoms with E-state index in [0.29, 0.717) is 6.61 Å². The Balaban J connectivity index is 1.93. The molecule has 2 nitrogen and oxygen atoms in total. The summed E-state index contributed by atoms with van der Waals surface area (Å²) in [6.07, 6.45) is 0. The second-order valence-corrected chi connectivity index (χ2v) is 5.50. The Morgan fingerprint density at radius 1 is 0.952 bits per heavy atom. The van der Waals surface area contributed by atoms with Gasteiger partial charge in [-0.05, 0) is 50.1 Å². The van der Waals surface area contributed by atoms with E-state index in [0.717, 1.165) is 27.9 Å². The fourth-order valence-corrected chi connectivity index (χ4v) is 2.53. The fraction of sp³-hybridized carbons (Fsp3) is 0.211. The van der Waals surface area contributed by atoms with Crippen molar-refractivity contribution in [3.8, 4) is 5.75 Å². The molecule has 2 aromatic carbocycles. The van der Waals surface area contributed by atoms with E-state index in [1.807, 2.05) is 25.1 Å². The van der Waals surface area contributed by atoms with Crippen LogP contribution in [-0.4, -0.2) is 4.98 Å². The number of para-hydroxylation sites is 1. The quantitative estimate of drug-likeness (QED) is 0.690. The largest absolute Gasteiger partial charge is 0.489 e. The lowest BCUT2D eigenvalue weighted by Crippen LogP contribution is -2.00. The maximum atomic E-state index is 6.04. The predicted octanol–water partition coefficient (Wildman–Crippen LogP) is 4.74. The molecular weight excluding hydrogens is 258 g/mol. The van der Waals surface area contributed by atoms with Crippen molar-refractivity contribution < 1.29 is 4.74 Å². The molecule has 0 aliphatic rings. The van der Waals surface area contributed by atoms with E-state index in [2.05, 4.69) is 49.2 Å². The minimum atomic E-state index is 0.564. The monoisotopic (exact) mass is 277 g/mol. The molecule has 0 aliphatic heterocycles. The van der Waals surface area contributed by atoms with E-state index in [1.54, 1.807) is 0 Å². The highest BCUT2D eigenvalue weighted by Gasteiger charge is 2.06. The van der Waals surface area contributed by atoms with Crippen LogP contribution in [0.5, 0.6) is 5.75 Å². The van der Waals surface area contributed by atoms with Gasteiger partial charge in [0, 0.05) is 16.6 Å². The number of hydrogen-bond acceptors (Lipinski definition) is 2. The standard InChI is InChI=1S/C19H19NO/c1-13-8-9-14(2)19(10-13)21-12-16-11-15(3)20-18-7-5-4-6-17(16)18/h4-11H,12H2,1-3H3. The number of ether oxygens (including phenoxy) is 1. The summed E-state index contributed by atoms with van der Waals surface area (Å²) in [6.45, 7) is 6.74. The van der Waals surface area contributed by atoms with Gasteiger partial charge in [-0.3, -0.25) is 4.98 Å². The maximum Gasteiger partial charge on any atom is 0.122 e. The van der Waals surface area contributed by atoms with Crippen molar-refractivity contribution in [2.75, 3.05) is 0 Å². The summed E-state index contributed by atoms with van der Waals surface area (Å²) < 4.78 is 6.04. The summed E-state index contributed by atoms with van der Waals surface area (Å²) >= 11 is 0. The Labute approximate surface area is 125 Å². The van der Waals surface area contributed by atoms with Gasteiger partial charge >= 0.3 is 0 Å². The highest BCUT2D eigenvalue weighted by atomic mass is 16.5. The van der Waals surface area contributed by atoms with Crippen molar-refractivity contribution in [3.05, 3.63) is 70.9 Å². The Morgan fingerprint density at radius 3 is 2.62 bits per heavy atom. The Hall–Kier alpha value is -2.35. The molecule has 1 aromatic heterocycles. The van der Waals surface area contributed by atoms with Gasteiger partial charge < -0.3 is 4.74 Å². The summed E-state index contributed by atoms with van der Waals surface area (Å²) in [4.78, 5) is 4.57. The molecule has 21 heavy (non-hydrogen) atoms. The molecule has 0 bridgehead atoms. The smallest absolute Gasteiger partial charge is 0.122 e. The van der Waals surface area contributed by atoms with Crippen molar-refractivity contribution in [3.63, 3.8) is 0 Å². The Bertz CT molecular complexity index is 793. The lowest BCUT2D eigenvalue weighted by atomic mass is 10.1. The first-order chi connectivity index (χ1) is 10.1. The number of aromatic nitrogens is 1. The highest BCUT2D eigenvalue weighted by molar-refractivity contribution is 5.82. The average Bonchev–Trinajstić information content (AvgIpc) is 2.47. The zero-order valence-corrected chi connectivity index (χ0v) is 12.7. The van der Waals surface area contributed by atoms with Gasteiger partial charge in [0.25, 0.3) is 0 Å². The van der Waals surface area contributed by atoms with E-state index in [4.69, 9.17) is 4.74 Å². The summed E-state index contributed by atoms with van der Waals surface area (Å²) in [5.74, 6) is 0.952. The second kappa shape index (κ2) is 5.57. The predicted molar refractivity (Wildman–Crippen MR) is 86.7 cm³/mol. The van der Waals surface area contributed by atoms with Crippen LogP contribution in [0.3, 0.4) is 0 Å². The Morgan fingerprint density at radius 2 is 1.76 bits per heavy atom. The van der Waals surface area contributed by atoms with Crippen LogP contribution < -0.4 is 4.74 Å². The van der Waals surface area contributed by atoms with E-state index < -0.39 is 0 Å². The summed E-state index contributed by atoms with van der Waals surface area (Å²) in [5.41, 5.74) is 5.60. The van der Waals surface area contributed by atoms with Gasteiger partial charge in [0.1, 0.15) is 12.4 Å². The number of fused-ring (bicyclic) bond motifs is 1. The first-order valence-electron chi connectivity index (χ1n) is 7.19. The molecule has 3 rings (SSSR count). The molecule has 0 atom stereocenters. The number of rotatable bonds is 3. The molecular formula is C19H19NO. The number of benzene rings is 2. The average molecular weight is 277 g/mol. The molecule has 0 unspecified atom stereocenters. The third kappa shape index (κ3) is 2.89. The molecule has 0 fully saturated rings. The lowest BCUT2D eigenvalue weighted by Gasteiger charge is -2.12. The van der Waals surface area contributed by atoms with Crippen molar-refractivity contribution in [2.45, 2.75) is 27.4 Å². The Kier molecular flexibility index (Phi) is 3.61. The number of hydrogen-bond donors (Lipinski definition) is 0.